The molecule has 0 aliphatic rings. The van der Waals surface area contributed by atoms with Crippen LogP contribution in [0, 0.1) is 12.3 Å². The lowest BCUT2D eigenvalue weighted by Crippen LogP contribution is -2.28. The van der Waals surface area contributed by atoms with E-state index in [0.717, 1.165) is 17.4 Å². The highest BCUT2D eigenvalue weighted by Gasteiger charge is 2.08. The number of hydrogen-bond donors (Lipinski definition) is 2. The van der Waals surface area contributed by atoms with Crippen molar-refractivity contribution in [3.63, 3.8) is 0 Å². The van der Waals surface area contributed by atoms with E-state index in [2.05, 4.69) is 23.1 Å². The van der Waals surface area contributed by atoms with Gasteiger partial charge >= 0.3 is 0 Å². The third-order valence-corrected chi connectivity index (χ3v) is 2.92. The summed E-state index contributed by atoms with van der Waals surface area (Å²) in [6.07, 6.45) is 7.76. The van der Waals surface area contributed by atoms with Gasteiger partial charge in [-0.3, -0.25) is 4.98 Å². The monoisotopic (exact) mass is 240 g/mol. The number of terminal acetylenes is 1. The van der Waals surface area contributed by atoms with Crippen LogP contribution < -0.4 is 5.32 Å². The first-order valence-corrected chi connectivity index (χ1v) is 5.95. The first-order chi connectivity index (χ1) is 8.72. The lowest BCUT2D eigenvalue weighted by Gasteiger charge is -2.13. The van der Waals surface area contributed by atoms with Crippen LogP contribution in [0.15, 0.2) is 30.5 Å². The minimum atomic E-state index is 0.221. The Morgan fingerprint density at radius 2 is 2.28 bits per heavy atom. The Hall–Kier alpha value is -2.05. The summed E-state index contributed by atoms with van der Waals surface area (Å²) in [7, 11) is 0. The maximum absolute atomic E-state index is 9.77. The number of rotatable bonds is 4. The molecule has 0 spiro atoms. The zero-order valence-electron chi connectivity index (χ0n) is 10.4. The highest BCUT2D eigenvalue weighted by Crippen LogP contribution is 2.26. The van der Waals surface area contributed by atoms with Crippen molar-refractivity contribution in [2.75, 3.05) is 6.54 Å². The van der Waals surface area contributed by atoms with Gasteiger partial charge in [0.25, 0.3) is 0 Å². The van der Waals surface area contributed by atoms with E-state index < -0.39 is 0 Å². The van der Waals surface area contributed by atoms with Gasteiger partial charge in [-0.25, -0.2) is 0 Å². The smallest absolute Gasteiger partial charge is 0.141 e. The molecule has 0 radical (unpaired) electrons. The summed E-state index contributed by atoms with van der Waals surface area (Å²) in [5.41, 5.74) is 1.81. The first kappa shape index (κ1) is 12.4. The van der Waals surface area contributed by atoms with E-state index in [-0.39, 0.29) is 11.8 Å². The summed E-state index contributed by atoms with van der Waals surface area (Å²) in [5.74, 6) is 2.79. The number of phenols is 1. The Balaban J connectivity index is 2.29. The highest BCUT2D eigenvalue weighted by molar-refractivity contribution is 5.87. The molecule has 0 bridgehead atoms. The van der Waals surface area contributed by atoms with Gasteiger partial charge in [-0.1, -0.05) is 18.1 Å². The minimum Gasteiger partial charge on any atom is -0.506 e. The number of hydrogen-bond acceptors (Lipinski definition) is 3. The number of pyridine rings is 1. The van der Waals surface area contributed by atoms with E-state index in [1.807, 2.05) is 18.2 Å². The van der Waals surface area contributed by atoms with Gasteiger partial charge in [0.15, 0.2) is 0 Å². The van der Waals surface area contributed by atoms with Crippen molar-refractivity contribution >= 4 is 10.9 Å². The van der Waals surface area contributed by atoms with Gasteiger partial charge in [0.2, 0.25) is 0 Å². The number of benzene rings is 1. The molecule has 0 saturated heterocycles. The second kappa shape index (κ2) is 5.52. The maximum Gasteiger partial charge on any atom is 0.141 e. The summed E-state index contributed by atoms with van der Waals surface area (Å²) in [6.45, 7) is 2.65. The van der Waals surface area contributed by atoms with Crippen LogP contribution in [0.5, 0.6) is 5.75 Å². The quantitative estimate of drug-likeness (QED) is 0.804. The molecular weight excluding hydrogens is 224 g/mol. The largest absolute Gasteiger partial charge is 0.506 e. The Kier molecular flexibility index (Phi) is 3.81. The third kappa shape index (κ3) is 2.61. The molecule has 3 heteroatoms. The number of fused-ring (bicyclic) bond motifs is 1. The van der Waals surface area contributed by atoms with Crippen LogP contribution in [-0.2, 0) is 6.42 Å². The summed E-state index contributed by atoms with van der Waals surface area (Å²) in [5, 5.41) is 14.0. The summed E-state index contributed by atoms with van der Waals surface area (Å²) < 4.78 is 0. The van der Waals surface area contributed by atoms with E-state index in [1.165, 1.54) is 0 Å². The van der Waals surface area contributed by atoms with Crippen LogP contribution in [0.25, 0.3) is 10.9 Å². The van der Waals surface area contributed by atoms with Gasteiger partial charge in [-0.15, -0.1) is 6.42 Å². The Bertz CT molecular complexity index is 587. The molecule has 1 heterocycles. The molecule has 0 fully saturated rings. The molecule has 0 aliphatic carbocycles. The van der Waals surface area contributed by atoms with E-state index in [9.17, 15) is 5.11 Å². The van der Waals surface area contributed by atoms with Gasteiger partial charge in [0, 0.05) is 17.6 Å². The van der Waals surface area contributed by atoms with Crippen molar-refractivity contribution in [2.24, 2.45) is 0 Å². The standard InChI is InChI=1S/C15H16N2O/c1-3-8-16-11(2)10-12-6-7-14(18)15-13(12)5-4-9-17-15/h1,4-7,9,11,16,18H,8,10H2,2H3/t11-/m1/s1. The molecule has 18 heavy (non-hydrogen) atoms. The summed E-state index contributed by atoms with van der Waals surface area (Å²) in [6, 6.07) is 7.77. The molecule has 2 N–H and O–H groups in total. The molecule has 1 atom stereocenters. The number of nitrogens with one attached hydrogen (secondary N) is 1. The van der Waals surface area contributed by atoms with Crippen LogP contribution in [-0.4, -0.2) is 22.7 Å². The van der Waals surface area contributed by atoms with Gasteiger partial charge in [-0.2, -0.15) is 0 Å². The molecule has 0 aliphatic heterocycles. The molecule has 0 unspecified atom stereocenters. The molecule has 92 valence electrons. The van der Waals surface area contributed by atoms with Gasteiger partial charge in [0.05, 0.1) is 6.54 Å². The van der Waals surface area contributed by atoms with Crippen LogP contribution in [0.4, 0.5) is 0 Å². The fraction of sp³-hybridized carbons (Fsp3) is 0.267. The molecule has 2 rings (SSSR count). The lowest BCUT2D eigenvalue weighted by molar-refractivity contribution is 0.480. The number of aromatic nitrogens is 1. The maximum atomic E-state index is 9.77. The van der Waals surface area contributed by atoms with Crippen LogP contribution in [0.3, 0.4) is 0 Å². The Labute approximate surface area is 107 Å². The van der Waals surface area contributed by atoms with E-state index >= 15 is 0 Å². The number of phenolic OH excluding ortho intramolecular Hbond substituents is 1. The number of nitrogens with zero attached hydrogens (tertiary/aromatic N) is 1. The van der Waals surface area contributed by atoms with Gasteiger partial charge in [0.1, 0.15) is 11.3 Å². The molecule has 0 amide bonds. The molecule has 1 aromatic heterocycles. The fourth-order valence-electron chi connectivity index (χ4n) is 2.03. The highest BCUT2D eigenvalue weighted by atomic mass is 16.3. The van der Waals surface area contributed by atoms with Gasteiger partial charge < -0.3 is 10.4 Å². The van der Waals surface area contributed by atoms with Gasteiger partial charge in [-0.05, 0) is 31.0 Å². The van der Waals surface area contributed by atoms with Crippen molar-refractivity contribution in [3.8, 4) is 18.1 Å². The Morgan fingerprint density at radius 1 is 1.44 bits per heavy atom. The zero-order valence-corrected chi connectivity index (χ0v) is 10.4. The second-order valence-electron chi connectivity index (χ2n) is 4.33. The summed E-state index contributed by atoms with van der Waals surface area (Å²) >= 11 is 0. The first-order valence-electron chi connectivity index (χ1n) is 5.95. The molecule has 1 aromatic carbocycles. The average molecular weight is 240 g/mol. The topological polar surface area (TPSA) is 45.1 Å². The normalized spacial score (nSPS) is 12.2. The van der Waals surface area contributed by atoms with Crippen LogP contribution >= 0.6 is 0 Å². The van der Waals surface area contributed by atoms with Crippen molar-refractivity contribution < 1.29 is 5.11 Å². The molecule has 0 saturated carbocycles. The van der Waals surface area contributed by atoms with Crippen molar-refractivity contribution in [1.29, 1.82) is 0 Å². The Morgan fingerprint density at radius 3 is 3.06 bits per heavy atom. The van der Waals surface area contributed by atoms with Crippen molar-refractivity contribution in [1.82, 2.24) is 10.3 Å². The summed E-state index contributed by atoms with van der Waals surface area (Å²) in [4.78, 5) is 4.21. The molecular formula is C15H16N2O. The van der Waals surface area contributed by atoms with Crippen LogP contribution in [0.1, 0.15) is 12.5 Å². The fourth-order valence-corrected chi connectivity index (χ4v) is 2.03. The van der Waals surface area contributed by atoms with Crippen LogP contribution in [0.2, 0.25) is 0 Å². The van der Waals surface area contributed by atoms with Crippen molar-refractivity contribution in [3.05, 3.63) is 36.0 Å². The zero-order chi connectivity index (χ0) is 13.0. The minimum absolute atomic E-state index is 0.221. The number of aromatic hydroxyl groups is 1. The third-order valence-electron chi connectivity index (χ3n) is 2.92. The predicted octanol–water partition coefficient (Wildman–Crippen LogP) is 2.09. The average Bonchev–Trinajstić information content (AvgIpc) is 2.40. The van der Waals surface area contributed by atoms with Crippen molar-refractivity contribution in [2.45, 2.75) is 19.4 Å². The SMILES string of the molecule is C#CCN[C@H](C)Cc1ccc(O)c2ncccc12. The lowest BCUT2D eigenvalue weighted by atomic mass is 10.0. The van der Waals surface area contributed by atoms with E-state index in [1.54, 1.807) is 12.3 Å². The molecule has 2 aromatic rings. The van der Waals surface area contributed by atoms with E-state index in [4.69, 9.17) is 6.42 Å². The predicted molar refractivity (Wildman–Crippen MR) is 73.4 cm³/mol. The van der Waals surface area contributed by atoms with E-state index in [0.29, 0.717) is 12.1 Å². The molecule has 3 nitrogen and oxygen atoms in total. The second-order valence-corrected chi connectivity index (χ2v) is 4.33.